The second-order valence-corrected chi connectivity index (χ2v) is 1.55. The van der Waals surface area contributed by atoms with E-state index in [0.29, 0.717) is 0 Å². The molecule has 0 spiro atoms. The van der Waals surface area contributed by atoms with Gasteiger partial charge in [-0.25, -0.2) is 0 Å². The Balaban J connectivity index is 0. The summed E-state index contributed by atoms with van der Waals surface area (Å²) in [6, 6.07) is 0. The molecule has 0 saturated carbocycles. The van der Waals surface area contributed by atoms with E-state index < -0.39 is 0 Å². The van der Waals surface area contributed by atoms with Gasteiger partial charge >= 0.3 is 29.6 Å². The van der Waals surface area contributed by atoms with Gasteiger partial charge in [-0.05, 0) is 12.2 Å². The van der Waals surface area contributed by atoms with Crippen molar-refractivity contribution < 1.29 is 4.74 Å². The van der Waals surface area contributed by atoms with Crippen molar-refractivity contribution in [2.45, 2.75) is 0 Å². The first-order chi connectivity index (χ1) is 2.27. The summed E-state index contributed by atoms with van der Waals surface area (Å²) in [5.74, 6) is 0. The van der Waals surface area contributed by atoms with Crippen LogP contribution in [0.4, 0.5) is 0 Å². The molecule has 0 saturated heterocycles. The van der Waals surface area contributed by atoms with Gasteiger partial charge in [-0.15, -0.1) is 0 Å². The van der Waals surface area contributed by atoms with Crippen LogP contribution in [0.2, 0.25) is 0 Å². The van der Waals surface area contributed by atoms with Gasteiger partial charge in [-0.2, -0.15) is 0 Å². The maximum atomic E-state index is 4.35. The standard InChI is InChI=1S/C2H4OS2.Na.H/c1-3-2(4)5;;/h1H3,(H,4,5);;. The van der Waals surface area contributed by atoms with Crippen molar-refractivity contribution in [3.63, 3.8) is 0 Å². The Morgan fingerprint density at radius 1 is 1.83 bits per heavy atom. The second-order valence-electron chi connectivity index (χ2n) is 0.470. The van der Waals surface area contributed by atoms with Gasteiger partial charge in [-0.3, -0.25) is 0 Å². The van der Waals surface area contributed by atoms with Crippen LogP contribution in [-0.4, -0.2) is 41.0 Å². The molecule has 0 heterocycles. The summed E-state index contributed by atoms with van der Waals surface area (Å²) < 4.78 is 4.63. The summed E-state index contributed by atoms with van der Waals surface area (Å²) in [5.41, 5.74) is 0. The molecule has 0 atom stereocenters. The summed E-state index contributed by atoms with van der Waals surface area (Å²) in [7, 11) is 1.48. The summed E-state index contributed by atoms with van der Waals surface area (Å²) >= 11 is 7.95. The fourth-order valence-electron chi connectivity index (χ4n) is 0. The van der Waals surface area contributed by atoms with Crippen molar-refractivity contribution in [2.75, 3.05) is 7.11 Å². The Labute approximate surface area is 70.1 Å². The van der Waals surface area contributed by atoms with Crippen molar-refractivity contribution in [3.8, 4) is 0 Å². The zero-order chi connectivity index (χ0) is 4.28. The van der Waals surface area contributed by atoms with Gasteiger partial charge in [0.1, 0.15) is 0 Å². The van der Waals surface area contributed by atoms with E-state index in [1.807, 2.05) is 0 Å². The molecule has 0 aromatic heterocycles. The minimum absolute atomic E-state index is 0. The molecule has 0 amide bonds. The average Bonchev–Trinajstić information content (AvgIpc) is 1.38. The molecule has 0 unspecified atom stereocenters. The normalized spacial score (nSPS) is 5.67. The first-order valence-electron chi connectivity index (χ1n) is 1.04. The van der Waals surface area contributed by atoms with E-state index in [1.54, 1.807) is 0 Å². The monoisotopic (exact) mass is 132 g/mol. The first kappa shape index (κ1) is 10.3. The molecule has 0 aliphatic rings. The number of hydrogen-bond donors (Lipinski definition) is 1. The Hall–Kier alpha value is 1.24. The summed E-state index contributed by atoms with van der Waals surface area (Å²) in [6.07, 6.45) is 0. The van der Waals surface area contributed by atoms with E-state index in [9.17, 15) is 0 Å². The van der Waals surface area contributed by atoms with Crippen LogP contribution in [0.3, 0.4) is 0 Å². The predicted octanol–water partition coefficient (Wildman–Crippen LogP) is 0.199. The van der Waals surface area contributed by atoms with E-state index in [1.165, 1.54) is 7.11 Å². The molecule has 0 radical (unpaired) electrons. The molecule has 0 bridgehead atoms. The van der Waals surface area contributed by atoms with Gasteiger partial charge < -0.3 is 4.74 Å². The van der Waals surface area contributed by atoms with Gasteiger partial charge in [0.2, 0.25) is 4.38 Å². The molecule has 0 rings (SSSR count). The Kier molecular flexibility index (Phi) is 10.7. The molecular weight excluding hydrogens is 127 g/mol. The fraction of sp³-hybridized carbons (Fsp3) is 0.500. The summed E-state index contributed by atoms with van der Waals surface area (Å²) in [4.78, 5) is 0. The van der Waals surface area contributed by atoms with Gasteiger partial charge in [0.25, 0.3) is 0 Å². The Bertz CT molecular complexity index is 46.8. The third kappa shape index (κ3) is 8.97. The topological polar surface area (TPSA) is 9.23 Å². The van der Waals surface area contributed by atoms with E-state index in [-0.39, 0.29) is 33.9 Å². The van der Waals surface area contributed by atoms with Crippen molar-refractivity contribution in [3.05, 3.63) is 0 Å². The van der Waals surface area contributed by atoms with Crippen LogP contribution < -0.4 is 0 Å². The SMILES string of the molecule is COC(=S)S.[NaH]. The van der Waals surface area contributed by atoms with Crippen LogP contribution >= 0.6 is 24.8 Å². The van der Waals surface area contributed by atoms with Crippen molar-refractivity contribution >= 4 is 58.8 Å². The molecule has 0 aromatic rings. The van der Waals surface area contributed by atoms with Crippen LogP contribution in [0.15, 0.2) is 0 Å². The minimum atomic E-state index is 0. The zero-order valence-electron chi connectivity index (χ0n) is 2.76. The number of methoxy groups -OCH3 is 1. The molecular formula is C2H5NaOS2. The first-order valence-corrected chi connectivity index (χ1v) is 1.90. The Morgan fingerprint density at radius 2 is 2.00 bits per heavy atom. The number of thiocarbonyl (C=S) groups is 1. The fourth-order valence-corrected chi connectivity index (χ4v) is 0. The number of rotatable bonds is 0. The van der Waals surface area contributed by atoms with Crippen LogP contribution in [0.25, 0.3) is 0 Å². The predicted molar refractivity (Wildman–Crippen MR) is 35.7 cm³/mol. The van der Waals surface area contributed by atoms with Gasteiger partial charge in [-0.1, -0.05) is 12.6 Å². The molecule has 1 nitrogen and oxygen atoms in total. The summed E-state index contributed by atoms with van der Waals surface area (Å²) in [5, 5.41) is 0. The maximum absolute atomic E-state index is 4.35. The Morgan fingerprint density at radius 3 is 2.00 bits per heavy atom. The van der Waals surface area contributed by atoms with Crippen LogP contribution in [0.5, 0.6) is 0 Å². The molecule has 0 aliphatic heterocycles. The van der Waals surface area contributed by atoms with Crippen LogP contribution in [0, 0.1) is 0 Å². The van der Waals surface area contributed by atoms with Crippen LogP contribution in [-0.2, 0) is 4.74 Å². The van der Waals surface area contributed by atoms with E-state index in [0.717, 1.165) is 0 Å². The average molecular weight is 132 g/mol. The molecule has 0 aliphatic carbocycles. The molecule has 0 aromatic carbocycles. The van der Waals surface area contributed by atoms with Gasteiger partial charge in [0.05, 0.1) is 7.11 Å². The molecule has 32 valence electrons. The van der Waals surface area contributed by atoms with E-state index in [4.69, 9.17) is 0 Å². The van der Waals surface area contributed by atoms with E-state index >= 15 is 0 Å². The van der Waals surface area contributed by atoms with Crippen molar-refractivity contribution in [1.82, 2.24) is 0 Å². The number of ether oxygens (including phenoxy) is 1. The third-order valence-electron chi connectivity index (χ3n) is 0.175. The van der Waals surface area contributed by atoms with E-state index in [2.05, 4.69) is 29.6 Å². The van der Waals surface area contributed by atoms with Crippen LogP contribution in [0.1, 0.15) is 0 Å². The van der Waals surface area contributed by atoms with Crippen molar-refractivity contribution in [1.29, 1.82) is 0 Å². The van der Waals surface area contributed by atoms with Gasteiger partial charge in [0.15, 0.2) is 0 Å². The molecule has 6 heavy (non-hydrogen) atoms. The quantitative estimate of drug-likeness (QED) is 0.286. The summed E-state index contributed by atoms with van der Waals surface area (Å²) in [6.45, 7) is 0. The number of hydrogen-bond acceptors (Lipinski definition) is 2. The molecule has 4 heteroatoms. The third-order valence-corrected chi connectivity index (χ3v) is 0.524. The van der Waals surface area contributed by atoms with Gasteiger partial charge in [0, 0.05) is 0 Å². The molecule has 0 N–H and O–H groups in total. The van der Waals surface area contributed by atoms with Crippen molar-refractivity contribution in [2.24, 2.45) is 0 Å². The zero-order valence-corrected chi connectivity index (χ0v) is 4.47. The second kappa shape index (κ2) is 6.24. The molecule has 0 fully saturated rings. The number of thiol groups is 1.